The van der Waals surface area contributed by atoms with Crippen LogP contribution in [0, 0.1) is 5.41 Å². The molecule has 0 aliphatic carbocycles. The number of ether oxygens (including phenoxy) is 1. The molecule has 0 radical (unpaired) electrons. The van der Waals surface area contributed by atoms with E-state index in [1.165, 1.54) is 0 Å². The normalized spacial score (nSPS) is 17.6. The van der Waals surface area contributed by atoms with E-state index in [-0.39, 0.29) is 5.41 Å². The summed E-state index contributed by atoms with van der Waals surface area (Å²) in [5.41, 5.74) is 10.2. The van der Waals surface area contributed by atoms with Gasteiger partial charge in [-0.1, -0.05) is 6.92 Å². The number of nitrogens with one attached hydrogen (secondary N) is 1. The molecule has 0 aromatic carbocycles. The number of fused-ring (bicyclic) bond motifs is 2. The van der Waals surface area contributed by atoms with Crippen molar-refractivity contribution in [3.05, 3.63) is 30.7 Å². The molecule has 0 amide bonds. The van der Waals surface area contributed by atoms with E-state index in [4.69, 9.17) is 25.4 Å². The van der Waals surface area contributed by atoms with Crippen LogP contribution in [0.25, 0.3) is 22.4 Å². The van der Waals surface area contributed by atoms with Crippen molar-refractivity contribution in [1.29, 1.82) is 0 Å². The lowest BCUT2D eigenvalue weighted by molar-refractivity contribution is 0.258. The Bertz CT molecular complexity index is 1340. The smallest absolute Gasteiger partial charge is 0.238 e. The molecule has 1 saturated heterocycles. The Hall–Kier alpha value is -3.73. The highest BCUT2D eigenvalue weighted by atomic mass is 16.5. The van der Waals surface area contributed by atoms with Crippen LogP contribution >= 0.6 is 0 Å². The van der Waals surface area contributed by atoms with Crippen molar-refractivity contribution in [1.82, 2.24) is 34.9 Å². The van der Waals surface area contributed by atoms with Gasteiger partial charge in [-0.25, -0.2) is 15.0 Å². The van der Waals surface area contributed by atoms with Gasteiger partial charge < -0.3 is 20.3 Å². The van der Waals surface area contributed by atoms with Crippen LogP contribution in [-0.4, -0.2) is 67.7 Å². The first kappa shape index (κ1) is 20.8. The standard InChI is InChI=1S/C23H28N10O/c1-23(14-24)5-7-32(8-6-23)18-12-25-19-20(28-18)29-30-21(19)33-9-10-34-22-17(33)4-3-16(27-22)15-11-26-31(2)13-15/h3-4,11-13H,5-10,14,24H2,1-2H3,(H,28,29,30). The quantitative estimate of drug-likeness (QED) is 0.471. The minimum absolute atomic E-state index is 0.212. The highest BCUT2D eigenvalue weighted by Gasteiger charge is 2.30. The number of nitrogens with zero attached hydrogens (tertiary/aromatic N) is 8. The highest BCUT2D eigenvalue weighted by Crippen LogP contribution is 2.38. The molecule has 2 aliphatic heterocycles. The summed E-state index contributed by atoms with van der Waals surface area (Å²) in [6.45, 7) is 5.98. The number of aromatic amines is 1. The fourth-order valence-corrected chi connectivity index (χ4v) is 4.63. The summed E-state index contributed by atoms with van der Waals surface area (Å²) in [5.74, 6) is 2.17. The van der Waals surface area contributed by atoms with E-state index in [1.807, 2.05) is 31.6 Å². The monoisotopic (exact) mass is 460 g/mol. The zero-order valence-corrected chi connectivity index (χ0v) is 19.4. The minimum atomic E-state index is 0.212. The molecular formula is C23H28N10O. The van der Waals surface area contributed by atoms with E-state index in [0.717, 1.165) is 66.6 Å². The Balaban J connectivity index is 1.29. The summed E-state index contributed by atoms with van der Waals surface area (Å²) >= 11 is 0. The van der Waals surface area contributed by atoms with Gasteiger partial charge in [-0.2, -0.15) is 10.2 Å². The third-order valence-corrected chi connectivity index (χ3v) is 6.97. The Morgan fingerprint density at radius 2 is 2.00 bits per heavy atom. The third-order valence-electron chi connectivity index (χ3n) is 6.97. The molecule has 1 fully saturated rings. The SMILES string of the molecule is Cn1cc(-c2ccc3c(n2)OCCN3c2n[nH]c3nc(N4CCC(C)(CN)CC4)cnc23)cn1. The maximum absolute atomic E-state index is 5.96. The lowest BCUT2D eigenvalue weighted by atomic mass is 9.80. The summed E-state index contributed by atoms with van der Waals surface area (Å²) in [5, 5.41) is 11.9. The number of piperidine rings is 1. The molecule has 0 bridgehead atoms. The van der Waals surface area contributed by atoms with Crippen LogP contribution in [-0.2, 0) is 7.05 Å². The first-order valence-electron chi connectivity index (χ1n) is 11.6. The van der Waals surface area contributed by atoms with Crippen molar-refractivity contribution < 1.29 is 4.74 Å². The second-order valence-corrected chi connectivity index (χ2v) is 9.40. The summed E-state index contributed by atoms with van der Waals surface area (Å²) in [6, 6.07) is 3.98. The van der Waals surface area contributed by atoms with Crippen molar-refractivity contribution in [2.75, 3.05) is 42.6 Å². The first-order valence-corrected chi connectivity index (χ1v) is 11.6. The van der Waals surface area contributed by atoms with Crippen LogP contribution < -0.4 is 20.3 Å². The van der Waals surface area contributed by atoms with Crippen LogP contribution in [0.4, 0.5) is 17.3 Å². The zero-order valence-electron chi connectivity index (χ0n) is 19.4. The number of pyridine rings is 1. The van der Waals surface area contributed by atoms with Gasteiger partial charge in [0.15, 0.2) is 17.0 Å². The maximum Gasteiger partial charge on any atom is 0.238 e. The molecule has 11 heteroatoms. The van der Waals surface area contributed by atoms with Gasteiger partial charge in [-0.3, -0.25) is 9.78 Å². The topological polar surface area (TPSA) is 127 Å². The van der Waals surface area contributed by atoms with Crippen LogP contribution in [0.3, 0.4) is 0 Å². The predicted octanol–water partition coefficient (Wildman–Crippen LogP) is 2.24. The van der Waals surface area contributed by atoms with Crippen molar-refractivity contribution in [2.24, 2.45) is 18.2 Å². The molecule has 3 N–H and O–H groups in total. The number of H-pyrrole nitrogens is 1. The summed E-state index contributed by atoms with van der Waals surface area (Å²) in [7, 11) is 1.89. The molecule has 0 spiro atoms. The highest BCUT2D eigenvalue weighted by molar-refractivity contribution is 5.88. The number of hydrogen-bond acceptors (Lipinski definition) is 9. The van der Waals surface area contributed by atoms with Crippen LogP contribution in [0.2, 0.25) is 0 Å². The third kappa shape index (κ3) is 3.52. The molecule has 0 saturated carbocycles. The molecule has 4 aromatic heterocycles. The zero-order chi connectivity index (χ0) is 23.3. The molecule has 0 unspecified atom stereocenters. The van der Waals surface area contributed by atoms with Gasteiger partial charge in [0, 0.05) is 31.9 Å². The number of anilines is 3. The molecule has 11 nitrogen and oxygen atoms in total. The molecule has 4 aromatic rings. The van der Waals surface area contributed by atoms with E-state index in [1.54, 1.807) is 10.9 Å². The maximum atomic E-state index is 5.96. The van der Waals surface area contributed by atoms with Crippen molar-refractivity contribution >= 4 is 28.5 Å². The second-order valence-electron chi connectivity index (χ2n) is 9.40. The Morgan fingerprint density at radius 3 is 2.76 bits per heavy atom. The van der Waals surface area contributed by atoms with Gasteiger partial charge in [0.05, 0.1) is 24.6 Å². The molecule has 2 aliphatic rings. The number of hydrogen-bond donors (Lipinski definition) is 2. The molecule has 34 heavy (non-hydrogen) atoms. The number of aryl methyl sites for hydroxylation is 1. The molecule has 176 valence electrons. The summed E-state index contributed by atoms with van der Waals surface area (Å²) in [4.78, 5) is 18.7. The van der Waals surface area contributed by atoms with Crippen molar-refractivity contribution in [3.63, 3.8) is 0 Å². The number of aromatic nitrogens is 7. The van der Waals surface area contributed by atoms with Gasteiger partial charge in [0.25, 0.3) is 0 Å². The average molecular weight is 461 g/mol. The lowest BCUT2D eigenvalue weighted by Crippen LogP contribution is -2.42. The largest absolute Gasteiger partial charge is 0.474 e. The molecule has 0 atom stereocenters. The lowest BCUT2D eigenvalue weighted by Gasteiger charge is -2.39. The van der Waals surface area contributed by atoms with E-state index >= 15 is 0 Å². The van der Waals surface area contributed by atoms with Crippen LogP contribution in [0.1, 0.15) is 19.8 Å². The Morgan fingerprint density at radius 1 is 1.15 bits per heavy atom. The number of nitrogens with two attached hydrogens (primary N) is 1. The van der Waals surface area contributed by atoms with Gasteiger partial charge in [0.1, 0.15) is 18.1 Å². The van der Waals surface area contributed by atoms with Crippen molar-refractivity contribution in [3.8, 4) is 17.1 Å². The fraction of sp³-hybridized carbons (Fsp3) is 0.435. The van der Waals surface area contributed by atoms with Gasteiger partial charge in [0.2, 0.25) is 5.88 Å². The van der Waals surface area contributed by atoms with E-state index in [2.05, 4.69) is 32.0 Å². The summed E-state index contributed by atoms with van der Waals surface area (Å²) in [6.07, 6.45) is 7.68. The predicted molar refractivity (Wildman–Crippen MR) is 129 cm³/mol. The molecular weight excluding hydrogens is 432 g/mol. The van der Waals surface area contributed by atoms with E-state index in [0.29, 0.717) is 24.7 Å². The fourth-order valence-electron chi connectivity index (χ4n) is 4.63. The van der Waals surface area contributed by atoms with Crippen LogP contribution in [0.5, 0.6) is 5.88 Å². The van der Waals surface area contributed by atoms with E-state index in [9.17, 15) is 0 Å². The van der Waals surface area contributed by atoms with Gasteiger partial charge >= 0.3 is 0 Å². The van der Waals surface area contributed by atoms with Gasteiger partial charge in [-0.05, 0) is 36.9 Å². The number of rotatable bonds is 4. The first-order chi connectivity index (χ1) is 16.5. The van der Waals surface area contributed by atoms with Crippen LogP contribution in [0.15, 0.2) is 30.7 Å². The Kier molecular flexibility index (Phi) is 4.87. The Labute approximate surface area is 197 Å². The van der Waals surface area contributed by atoms with Gasteiger partial charge in [-0.15, -0.1) is 0 Å². The van der Waals surface area contributed by atoms with Crippen molar-refractivity contribution in [2.45, 2.75) is 19.8 Å². The second kappa shape index (κ2) is 7.94. The average Bonchev–Trinajstić information content (AvgIpc) is 3.49. The molecule has 6 heterocycles. The summed E-state index contributed by atoms with van der Waals surface area (Å²) < 4.78 is 7.64. The minimum Gasteiger partial charge on any atom is -0.474 e. The molecule has 6 rings (SSSR count). The van der Waals surface area contributed by atoms with E-state index < -0.39 is 0 Å².